The molecule has 0 unspecified atom stereocenters. The summed E-state index contributed by atoms with van der Waals surface area (Å²) in [5.74, 6) is -0.445. The standard InChI is InChI=1S/C8H10N2O2/c9-6-1-2-7(11)5(3-6)4-8(10)12/h1-3,11H,4,9H2,(H2,10,12). The Morgan fingerprint density at radius 3 is 2.75 bits per heavy atom. The van der Waals surface area contributed by atoms with Crippen LogP contribution in [0.15, 0.2) is 18.2 Å². The number of phenols is 1. The summed E-state index contributed by atoms with van der Waals surface area (Å²) in [4.78, 5) is 10.5. The van der Waals surface area contributed by atoms with Gasteiger partial charge in [0.1, 0.15) is 5.75 Å². The van der Waals surface area contributed by atoms with Crippen LogP contribution in [0.3, 0.4) is 0 Å². The second-order valence-corrected chi connectivity index (χ2v) is 2.53. The summed E-state index contributed by atoms with van der Waals surface area (Å²) in [6.07, 6.45) is 0.0108. The minimum atomic E-state index is -0.490. The quantitative estimate of drug-likeness (QED) is 0.426. The molecule has 0 saturated heterocycles. The number of amides is 1. The van der Waals surface area contributed by atoms with Gasteiger partial charge in [0, 0.05) is 11.3 Å². The van der Waals surface area contributed by atoms with Gasteiger partial charge in [0.05, 0.1) is 6.42 Å². The summed E-state index contributed by atoms with van der Waals surface area (Å²) in [5.41, 5.74) is 11.4. The SMILES string of the molecule is NC(=O)Cc1cc(N)ccc1O. The third kappa shape index (κ3) is 1.88. The number of carbonyl (C=O) groups is 1. The Bertz CT molecular complexity index is 310. The largest absolute Gasteiger partial charge is 0.508 e. The summed E-state index contributed by atoms with van der Waals surface area (Å²) < 4.78 is 0. The molecular weight excluding hydrogens is 156 g/mol. The first kappa shape index (κ1) is 8.39. The first-order chi connectivity index (χ1) is 5.59. The number of hydrogen-bond acceptors (Lipinski definition) is 3. The summed E-state index contributed by atoms with van der Waals surface area (Å²) in [6.45, 7) is 0. The van der Waals surface area contributed by atoms with Crippen LogP contribution in [-0.4, -0.2) is 11.0 Å². The molecule has 1 aromatic rings. The molecule has 0 spiro atoms. The smallest absolute Gasteiger partial charge is 0.221 e. The molecule has 0 atom stereocenters. The monoisotopic (exact) mass is 166 g/mol. The maximum absolute atomic E-state index is 10.5. The lowest BCUT2D eigenvalue weighted by Gasteiger charge is -2.02. The number of hydrogen-bond donors (Lipinski definition) is 3. The maximum Gasteiger partial charge on any atom is 0.221 e. The molecule has 12 heavy (non-hydrogen) atoms. The fourth-order valence-corrected chi connectivity index (χ4v) is 0.935. The van der Waals surface area contributed by atoms with Crippen molar-refractivity contribution in [3.63, 3.8) is 0 Å². The normalized spacial score (nSPS) is 9.67. The fourth-order valence-electron chi connectivity index (χ4n) is 0.935. The Balaban J connectivity index is 2.97. The van der Waals surface area contributed by atoms with Crippen molar-refractivity contribution in [3.05, 3.63) is 23.8 Å². The molecule has 0 aliphatic carbocycles. The number of anilines is 1. The Kier molecular flexibility index (Phi) is 2.19. The average molecular weight is 166 g/mol. The molecule has 0 aliphatic rings. The molecule has 5 N–H and O–H groups in total. The molecule has 0 aromatic heterocycles. The van der Waals surface area contributed by atoms with E-state index in [1.165, 1.54) is 12.1 Å². The fraction of sp³-hybridized carbons (Fsp3) is 0.125. The number of nitrogen functional groups attached to an aromatic ring is 1. The summed E-state index contributed by atoms with van der Waals surface area (Å²) in [6, 6.07) is 4.52. The molecule has 0 heterocycles. The molecule has 0 bridgehead atoms. The van der Waals surface area contributed by atoms with Crippen molar-refractivity contribution >= 4 is 11.6 Å². The van der Waals surface area contributed by atoms with Gasteiger partial charge in [-0.05, 0) is 18.2 Å². The van der Waals surface area contributed by atoms with Crippen LogP contribution in [0.1, 0.15) is 5.56 Å². The van der Waals surface area contributed by atoms with Gasteiger partial charge in [-0.1, -0.05) is 0 Å². The molecule has 1 amide bonds. The molecule has 0 radical (unpaired) electrons. The summed E-state index contributed by atoms with van der Waals surface area (Å²) in [7, 11) is 0. The number of rotatable bonds is 2. The summed E-state index contributed by atoms with van der Waals surface area (Å²) in [5, 5.41) is 9.22. The average Bonchev–Trinajstić information content (AvgIpc) is 1.96. The molecule has 1 aromatic carbocycles. The topological polar surface area (TPSA) is 89.3 Å². The predicted molar refractivity (Wildman–Crippen MR) is 45.4 cm³/mol. The van der Waals surface area contributed by atoms with E-state index in [1.807, 2.05) is 0 Å². The third-order valence-corrected chi connectivity index (χ3v) is 1.47. The van der Waals surface area contributed by atoms with Gasteiger partial charge < -0.3 is 16.6 Å². The lowest BCUT2D eigenvalue weighted by atomic mass is 10.1. The van der Waals surface area contributed by atoms with Crippen molar-refractivity contribution in [2.45, 2.75) is 6.42 Å². The number of phenolic OH excluding ortho intramolecular Hbond substituents is 1. The third-order valence-electron chi connectivity index (χ3n) is 1.47. The van der Waals surface area contributed by atoms with E-state index in [1.54, 1.807) is 6.07 Å². The van der Waals surface area contributed by atoms with E-state index < -0.39 is 5.91 Å². The van der Waals surface area contributed by atoms with Crippen LogP contribution in [0.5, 0.6) is 5.75 Å². The van der Waals surface area contributed by atoms with Gasteiger partial charge in [-0.15, -0.1) is 0 Å². The van der Waals surface area contributed by atoms with E-state index in [0.29, 0.717) is 11.3 Å². The second kappa shape index (κ2) is 3.13. The molecule has 4 nitrogen and oxygen atoms in total. The van der Waals surface area contributed by atoms with Crippen LogP contribution in [0, 0.1) is 0 Å². The van der Waals surface area contributed by atoms with Crippen molar-refractivity contribution in [2.75, 3.05) is 5.73 Å². The van der Waals surface area contributed by atoms with Crippen molar-refractivity contribution in [2.24, 2.45) is 5.73 Å². The highest BCUT2D eigenvalue weighted by Gasteiger charge is 2.04. The minimum absolute atomic E-state index is 0.0108. The molecular formula is C8H10N2O2. The molecule has 0 fully saturated rings. The first-order valence-electron chi connectivity index (χ1n) is 3.45. The van der Waals surface area contributed by atoms with Crippen LogP contribution in [-0.2, 0) is 11.2 Å². The van der Waals surface area contributed by atoms with Crippen LogP contribution >= 0.6 is 0 Å². The van der Waals surface area contributed by atoms with Gasteiger partial charge >= 0.3 is 0 Å². The Morgan fingerprint density at radius 1 is 1.50 bits per heavy atom. The molecule has 64 valence electrons. The zero-order valence-electron chi connectivity index (χ0n) is 6.45. The number of aromatic hydroxyl groups is 1. The molecule has 4 heteroatoms. The van der Waals surface area contributed by atoms with Gasteiger partial charge in [0.25, 0.3) is 0 Å². The van der Waals surface area contributed by atoms with Crippen LogP contribution in [0.4, 0.5) is 5.69 Å². The molecule has 1 rings (SSSR count). The first-order valence-corrected chi connectivity index (χ1v) is 3.45. The minimum Gasteiger partial charge on any atom is -0.508 e. The van der Waals surface area contributed by atoms with E-state index in [9.17, 15) is 9.90 Å². The maximum atomic E-state index is 10.5. The number of benzene rings is 1. The van der Waals surface area contributed by atoms with Crippen LogP contribution in [0.2, 0.25) is 0 Å². The number of primary amides is 1. The van der Waals surface area contributed by atoms with E-state index >= 15 is 0 Å². The van der Waals surface area contributed by atoms with E-state index in [-0.39, 0.29) is 12.2 Å². The van der Waals surface area contributed by atoms with E-state index in [4.69, 9.17) is 11.5 Å². The second-order valence-electron chi connectivity index (χ2n) is 2.53. The zero-order chi connectivity index (χ0) is 9.14. The number of nitrogens with two attached hydrogens (primary N) is 2. The van der Waals surface area contributed by atoms with Gasteiger partial charge in [0.15, 0.2) is 0 Å². The Labute approximate surface area is 69.8 Å². The highest BCUT2D eigenvalue weighted by Crippen LogP contribution is 2.19. The van der Waals surface area contributed by atoms with Gasteiger partial charge in [-0.2, -0.15) is 0 Å². The van der Waals surface area contributed by atoms with Crippen LogP contribution < -0.4 is 11.5 Å². The zero-order valence-corrected chi connectivity index (χ0v) is 6.45. The van der Waals surface area contributed by atoms with Gasteiger partial charge in [0.2, 0.25) is 5.91 Å². The lowest BCUT2D eigenvalue weighted by molar-refractivity contribution is -0.117. The van der Waals surface area contributed by atoms with Crippen molar-refractivity contribution < 1.29 is 9.90 Å². The van der Waals surface area contributed by atoms with E-state index in [0.717, 1.165) is 0 Å². The Hall–Kier alpha value is -1.71. The van der Waals surface area contributed by atoms with Gasteiger partial charge in [-0.3, -0.25) is 4.79 Å². The van der Waals surface area contributed by atoms with Crippen LogP contribution in [0.25, 0.3) is 0 Å². The van der Waals surface area contributed by atoms with Gasteiger partial charge in [-0.25, -0.2) is 0 Å². The lowest BCUT2D eigenvalue weighted by Crippen LogP contribution is -2.13. The highest BCUT2D eigenvalue weighted by molar-refractivity contribution is 5.77. The van der Waals surface area contributed by atoms with Crippen molar-refractivity contribution in [3.8, 4) is 5.75 Å². The molecule has 0 saturated carbocycles. The molecule has 0 aliphatic heterocycles. The predicted octanol–water partition coefficient (Wildman–Crippen LogP) is 0.00220. The number of carbonyl (C=O) groups excluding carboxylic acids is 1. The Morgan fingerprint density at radius 2 is 2.17 bits per heavy atom. The summed E-state index contributed by atoms with van der Waals surface area (Å²) >= 11 is 0. The highest BCUT2D eigenvalue weighted by atomic mass is 16.3. The van der Waals surface area contributed by atoms with E-state index in [2.05, 4.69) is 0 Å². The van der Waals surface area contributed by atoms with Crippen molar-refractivity contribution in [1.29, 1.82) is 0 Å². The van der Waals surface area contributed by atoms with Crippen molar-refractivity contribution in [1.82, 2.24) is 0 Å².